The summed E-state index contributed by atoms with van der Waals surface area (Å²) in [7, 11) is -2.06. The Hall–Kier alpha value is -0.253. The van der Waals surface area contributed by atoms with Crippen molar-refractivity contribution in [3.8, 4) is 0 Å². The van der Waals surface area contributed by atoms with Crippen molar-refractivity contribution in [3.63, 3.8) is 0 Å². The molecule has 41 heavy (non-hydrogen) atoms. The predicted octanol–water partition coefficient (Wildman–Crippen LogP) is 10.3. The lowest BCUT2D eigenvalue weighted by atomic mass is 9.94. The molecule has 0 aromatic heterocycles. The van der Waals surface area contributed by atoms with E-state index in [-0.39, 0.29) is 31.4 Å². The van der Waals surface area contributed by atoms with Crippen molar-refractivity contribution in [1.82, 2.24) is 0 Å². The van der Waals surface area contributed by atoms with E-state index in [1.54, 1.807) is 6.08 Å². The van der Waals surface area contributed by atoms with E-state index in [0.717, 1.165) is 36.3 Å². The molecule has 0 unspecified atom stereocenters. The third-order valence-electron chi connectivity index (χ3n) is 8.37. The van der Waals surface area contributed by atoms with Gasteiger partial charge in [-0.25, -0.2) is 0 Å². The quantitative estimate of drug-likeness (QED) is 0.112. The Kier molecular flexibility index (Phi) is 13.4. The maximum absolute atomic E-state index is 13.3. The zero-order chi connectivity index (χ0) is 30.2. The molecule has 1 aromatic rings. The maximum Gasteiger partial charge on any atom is 0.306 e. The van der Waals surface area contributed by atoms with Crippen LogP contribution in [0.15, 0.2) is 49.6 Å². The molecule has 2 heterocycles. The van der Waals surface area contributed by atoms with Crippen molar-refractivity contribution in [3.05, 3.63) is 60.7 Å². The molecule has 3 nitrogen and oxygen atoms in total. The van der Waals surface area contributed by atoms with Gasteiger partial charge in [0.2, 0.25) is 0 Å². The van der Waals surface area contributed by atoms with Gasteiger partial charge in [0.1, 0.15) is 4.08 Å². The molecule has 8 heteroatoms. The van der Waals surface area contributed by atoms with E-state index in [1.807, 2.05) is 29.6 Å². The highest BCUT2D eigenvalue weighted by Crippen LogP contribution is 2.57. The molecular weight excluding hydrogens is 601 g/mol. The van der Waals surface area contributed by atoms with Crippen molar-refractivity contribution in [2.75, 3.05) is 23.0 Å². The molecule has 0 aliphatic carbocycles. The molecule has 2 atom stereocenters. The van der Waals surface area contributed by atoms with Crippen LogP contribution in [0.2, 0.25) is 18.1 Å². The number of rotatable bonds is 14. The first-order valence-electron chi connectivity index (χ1n) is 15.1. The molecule has 0 saturated carbocycles. The highest BCUT2D eigenvalue weighted by molar-refractivity contribution is 8.19. The fourth-order valence-corrected chi connectivity index (χ4v) is 13.1. The third-order valence-corrected chi connectivity index (χ3v) is 19.6. The monoisotopic (exact) mass is 652 g/mol. The van der Waals surface area contributed by atoms with E-state index in [9.17, 15) is 4.79 Å². The molecule has 230 valence electrons. The van der Waals surface area contributed by atoms with Crippen molar-refractivity contribution in [2.45, 2.75) is 111 Å². The van der Waals surface area contributed by atoms with Gasteiger partial charge in [-0.05, 0) is 91.3 Å². The Balaban J connectivity index is 2.09. The first-order chi connectivity index (χ1) is 19.3. The maximum atomic E-state index is 13.3. The van der Waals surface area contributed by atoms with Crippen LogP contribution in [-0.2, 0) is 20.4 Å². The lowest BCUT2D eigenvalue weighted by molar-refractivity contribution is -0.150. The smallest absolute Gasteiger partial charge is 0.306 e. The summed E-state index contributed by atoms with van der Waals surface area (Å²) < 4.78 is 13.7. The minimum absolute atomic E-state index is 0.0815. The highest BCUT2D eigenvalue weighted by Gasteiger charge is 2.50. The van der Waals surface area contributed by atoms with Crippen molar-refractivity contribution in [1.29, 1.82) is 0 Å². The summed E-state index contributed by atoms with van der Waals surface area (Å²) in [6.45, 7) is 22.0. The second kappa shape index (κ2) is 15.7. The van der Waals surface area contributed by atoms with Gasteiger partial charge >= 0.3 is 5.97 Å². The summed E-state index contributed by atoms with van der Waals surface area (Å²) in [6, 6.07) is 8.49. The number of carbonyl (C=O) groups excluding carboxylic acids is 1. The van der Waals surface area contributed by atoms with Crippen LogP contribution in [0.4, 0.5) is 0 Å². The molecule has 3 rings (SSSR count). The summed E-state index contributed by atoms with van der Waals surface area (Å²) >= 11 is 8.18. The average molecular weight is 653 g/mol. The van der Waals surface area contributed by atoms with E-state index in [2.05, 4.69) is 102 Å². The van der Waals surface area contributed by atoms with E-state index in [1.165, 1.54) is 29.9 Å². The SMILES string of the molecule is C=CCCC(=O)O[C@H](c1ccccc1CC=C)C1(C[C@@H](CC2(C)SCCCS2)O[Si](C)(C)C(C)(C)C)SCCCS1. The van der Waals surface area contributed by atoms with E-state index < -0.39 is 8.32 Å². The van der Waals surface area contributed by atoms with Gasteiger partial charge in [-0.3, -0.25) is 4.79 Å². The Bertz CT molecular complexity index is 1010. The first kappa shape index (κ1) is 35.2. The van der Waals surface area contributed by atoms with Gasteiger partial charge in [-0.1, -0.05) is 57.2 Å². The summed E-state index contributed by atoms with van der Waals surface area (Å²) in [5.41, 5.74) is 2.29. The van der Waals surface area contributed by atoms with E-state index in [0.29, 0.717) is 12.8 Å². The van der Waals surface area contributed by atoms with Crippen LogP contribution < -0.4 is 0 Å². The van der Waals surface area contributed by atoms with Gasteiger partial charge in [-0.15, -0.1) is 60.2 Å². The number of thioether (sulfide) groups is 4. The Morgan fingerprint density at radius 3 is 2.20 bits per heavy atom. The van der Waals surface area contributed by atoms with Crippen LogP contribution in [0, 0.1) is 0 Å². The summed E-state index contributed by atoms with van der Waals surface area (Å²) in [5.74, 6) is 4.39. The molecule has 0 spiro atoms. The number of hydrogen-bond acceptors (Lipinski definition) is 7. The van der Waals surface area contributed by atoms with Crippen LogP contribution in [0.3, 0.4) is 0 Å². The molecule has 0 bridgehead atoms. The lowest BCUT2D eigenvalue weighted by Crippen LogP contribution is -2.48. The average Bonchev–Trinajstić information content (AvgIpc) is 2.91. The number of esters is 1. The van der Waals surface area contributed by atoms with Crippen LogP contribution in [0.5, 0.6) is 0 Å². The van der Waals surface area contributed by atoms with Gasteiger partial charge < -0.3 is 9.16 Å². The minimum Gasteiger partial charge on any atom is -0.455 e. The Labute approximate surface area is 268 Å². The zero-order valence-corrected chi connectivity index (χ0v) is 30.4. The number of hydrogen-bond donors (Lipinski definition) is 0. The number of carbonyl (C=O) groups is 1. The third kappa shape index (κ3) is 9.87. The zero-order valence-electron chi connectivity index (χ0n) is 26.2. The first-order valence-corrected chi connectivity index (χ1v) is 21.9. The summed E-state index contributed by atoms with van der Waals surface area (Å²) in [4.78, 5) is 13.3. The molecule has 2 saturated heterocycles. The topological polar surface area (TPSA) is 35.5 Å². The molecule has 0 radical (unpaired) electrons. The largest absolute Gasteiger partial charge is 0.455 e. The molecule has 2 aliphatic heterocycles. The number of ether oxygens (including phenoxy) is 1. The van der Waals surface area contributed by atoms with Crippen LogP contribution in [0.25, 0.3) is 0 Å². The van der Waals surface area contributed by atoms with Crippen LogP contribution in [-0.4, -0.2) is 51.6 Å². The fraction of sp³-hybridized carbons (Fsp3) is 0.667. The van der Waals surface area contributed by atoms with Crippen molar-refractivity contribution >= 4 is 61.3 Å². The van der Waals surface area contributed by atoms with Gasteiger partial charge in [0.25, 0.3) is 0 Å². The Morgan fingerprint density at radius 1 is 1.00 bits per heavy atom. The minimum atomic E-state index is -2.06. The standard InChI is InChI=1S/C33H52O3S4Si/c1-9-11-19-29(34)35-30(28-18-13-12-17-26(28)16-10-2)33(39-22-15-23-40-33)25-27(36-41(7,8)31(3,4)5)24-32(6)37-20-14-21-38-32/h9-10,12-13,17-18,27,30H,1-2,11,14-16,19-25H2,3-8H3/t27-,30-/m1/s1. The van der Waals surface area contributed by atoms with Crippen molar-refractivity contribution in [2.24, 2.45) is 0 Å². The second-order valence-electron chi connectivity index (χ2n) is 12.8. The van der Waals surface area contributed by atoms with Crippen molar-refractivity contribution < 1.29 is 14.0 Å². The molecule has 1 aromatic carbocycles. The van der Waals surface area contributed by atoms with Gasteiger partial charge in [0, 0.05) is 18.9 Å². The van der Waals surface area contributed by atoms with Gasteiger partial charge in [0.05, 0.1) is 4.08 Å². The van der Waals surface area contributed by atoms with Gasteiger partial charge in [0.15, 0.2) is 14.4 Å². The van der Waals surface area contributed by atoms with Crippen LogP contribution >= 0.6 is 47.0 Å². The van der Waals surface area contributed by atoms with E-state index >= 15 is 0 Å². The molecule has 0 N–H and O–H groups in total. The molecule has 2 aliphatic rings. The number of allylic oxidation sites excluding steroid dienone is 2. The van der Waals surface area contributed by atoms with Crippen LogP contribution in [0.1, 0.15) is 83.5 Å². The number of benzene rings is 1. The predicted molar refractivity (Wildman–Crippen MR) is 190 cm³/mol. The summed E-state index contributed by atoms with van der Waals surface area (Å²) in [5, 5.41) is 0.117. The fourth-order valence-electron chi connectivity index (χ4n) is 5.17. The molecule has 0 amide bonds. The van der Waals surface area contributed by atoms with E-state index in [4.69, 9.17) is 9.16 Å². The highest BCUT2D eigenvalue weighted by atomic mass is 32.2. The lowest BCUT2D eigenvalue weighted by Gasteiger charge is -2.48. The second-order valence-corrected chi connectivity index (χ2v) is 24.2. The Morgan fingerprint density at radius 2 is 1.61 bits per heavy atom. The van der Waals surface area contributed by atoms with Gasteiger partial charge in [-0.2, -0.15) is 0 Å². The molecular formula is C33H52O3S4Si. The summed E-state index contributed by atoms with van der Waals surface area (Å²) in [6.07, 6.45) is 9.48. The molecule has 2 fully saturated rings. The normalized spacial score (nSPS) is 20.5.